The second kappa shape index (κ2) is 5.86. The van der Waals surface area contributed by atoms with Gasteiger partial charge < -0.3 is 0 Å². The minimum atomic E-state index is -0.877. The van der Waals surface area contributed by atoms with Gasteiger partial charge in [0, 0.05) is 0 Å². The van der Waals surface area contributed by atoms with Crippen LogP contribution in [0.4, 0.5) is 0 Å². The van der Waals surface area contributed by atoms with Gasteiger partial charge in [-0.05, 0) is 0 Å². The average Bonchev–Trinajstić information content (AvgIpc) is 2.40. The van der Waals surface area contributed by atoms with Crippen molar-refractivity contribution in [2.45, 2.75) is 0 Å². The van der Waals surface area contributed by atoms with E-state index in [9.17, 15) is 4.79 Å². The Hall–Kier alpha value is -1.56. The van der Waals surface area contributed by atoms with Crippen molar-refractivity contribution >= 4 is 40.2 Å². The molecular weight excluding hydrogens is 340 g/mol. The van der Waals surface area contributed by atoms with Crippen LogP contribution in [0.15, 0.2) is 55.1 Å². The zero-order valence-electron chi connectivity index (χ0n) is 9.67. The molecule has 2 aromatic carbocycles. The fourth-order valence-corrected chi connectivity index (χ4v) is 3.80. The Morgan fingerprint density at radius 3 is 1.94 bits per heavy atom. The molecule has 0 saturated carbocycles. The van der Waals surface area contributed by atoms with E-state index in [2.05, 4.69) is 30.8 Å². The topological polar surface area (TPSA) is 37.3 Å². The molecule has 18 heavy (non-hydrogen) atoms. The van der Waals surface area contributed by atoms with Crippen molar-refractivity contribution < 1.29 is 9.90 Å². The van der Waals surface area contributed by atoms with Crippen LogP contribution < -0.4 is 7.22 Å². The summed E-state index contributed by atoms with van der Waals surface area (Å²) in [6.07, 6.45) is 1.83. The van der Waals surface area contributed by atoms with Gasteiger partial charge in [-0.1, -0.05) is 0 Å². The van der Waals surface area contributed by atoms with Gasteiger partial charge in [0.05, 0.1) is 0 Å². The monoisotopic (exact) mass is 354 g/mol. The fraction of sp³-hybridized carbons (Fsp3) is 0. The van der Waals surface area contributed by atoms with E-state index in [0.717, 1.165) is 5.56 Å². The van der Waals surface area contributed by atoms with Crippen molar-refractivity contribution in [3.63, 3.8) is 0 Å². The third-order valence-electron chi connectivity index (χ3n) is 2.45. The summed E-state index contributed by atoms with van der Waals surface area (Å²) in [5, 5.41) is 8.82. The van der Waals surface area contributed by atoms with E-state index in [1.807, 2.05) is 18.2 Å². The van der Waals surface area contributed by atoms with Gasteiger partial charge in [-0.15, -0.1) is 0 Å². The molecule has 0 fully saturated rings. The molecule has 0 heterocycles. The predicted molar refractivity (Wildman–Crippen MR) is 75.0 cm³/mol. The first kappa shape index (κ1) is 12.9. The molecule has 1 N–H and O–H groups in total. The molecule has 0 aliphatic carbocycles. The van der Waals surface area contributed by atoms with Crippen LogP contribution in [0.2, 0.25) is 0 Å². The van der Waals surface area contributed by atoms with E-state index in [-0.39, 0.29) is 0 Å². The first-order valence-corrected chi connectivity index (χ1v) is 7.76. The SMILES string of the molecule is C=Cc1ccc([Te]c2ccc(C(=O)O)cc2)cc1. The molecule has 0 saturated heterocycles. The van der Waals surface area contributed by atoms with Crippen LogP contribution in [0.3, 0.4) is 0 Å². The molecule has 0 atom stereocenters. The number of carboxylic acids is 1. The molecule has 2 nitrogen and oxygen atoms in total. The van der Waals surface area contributed by atoms with Crippen molar-refractivity contribution in [1.82, 2.24) is 0 Å². The van der Waals surface area contributed by atoms with Crippen LogP contribution in [-0.4, -0.2) is 32.0 Å². The number of carboxylic acid groups (broad SMARTS) is 1. The van der Waals surface area contributed by atoms with Crippen LogP contribution in [0.5, 0.6) is 0 Å². The summed E-state index contributed by atoms with van der Waals surface area (Å²) < 4.78 is 2.56. The maximum atomic E-state index is 10.7. The van der Waals surface area contributed by atoms with Crippen molar-refractivity contribution in [2.24, 2.45) is 0 Å². The molecule has 0 spiro atoms. The molecule has 0 aliphatic rings. The van der Waals surface area contributed by atoms with Gasteiger partial charge in [0.2, 0.25) is 0 Å². The molecule has 0 bridgehead atoms. The normalized spacial score (nSPS) is 10.0. The van der Waals surface area contributed by atoms with Gasteiger partial charge in [-0.25, -0.2) is 0 Å². The quantitative estimate of drug-likeness (QED) is 0.851. The zero-order valence-corrected chi connectivity index (χ0v) is 12.0. The fourth-order valence-electron chi connectivity index (χ4n) is 1.47. The Morgan fingerprint density at radius 2 is 1.50 bits per heavy atom. The van der Waals surface area contributed by atoms with Gasteiger partial charge in [0.1, 0.15) is 0 Å². The number of aromatic carboxylic acids is 1. The Morgan fingerprint density at radius 1 is 1.00 bits per heavy atom. The van der Waals surface area contributed by atoms with Gasteiger partial charge in [0.25, 0.3) is 0 Å². The van der Waals surface area contributed by atoms with Crippen LogP contribution >= 0.6 is 0 Å². The number of hydrogen-bond donors (Lipinski definition) is 1. The molecule has 0 unspecified atom stereocenters. The van der Waals surface area contributed by atoms with E-state index < -0.39 is 26.9 Å². The summed E-state index contributed by atoms with van der Waals surface area (Å²) >= 11 is -0.441. The second-order valence-corrected chi connectivity index (χ2v) is 6.98. The number of carbonyl (C=O) groups is 1. The van der Waals surface area contributed by atoms with Crippen LogP contribution in [0, 0.1) is 0 Å². The van der Waals surface area contributed by atoms with Gasteiger partial charge in [-0.2, -0.15) is 0 Å². The maximum absolute atomic E-state index is 10.7. The van der Waals surface area contributed by atoms with Gasteiger partial charge in [0.15, 0.2) is 0 Å². The van der Waals surface area contributed by atoms with Crippen LogP contribution in [0.25, 0.3) is 6.08 Å². The zero-order chi connectivity index (χ0) is 13.0. The Labute approximate surface area is 116 Å². The molecule has 3 heteroatoms. The van der Waals surface area contributed by atoms with E-state index in [1.54, 1.807) is 12.1 Å². The van der Waals surface area contributed by atoms with Crippen LogP contribution in [-0.2, 0) is 0 Å². The van der Waals surface area contributed by atoms with Gasteiger partial charge in [-0.3, -0.25) is 0 Å². The first-order chi connectivity index (χ1) is 8.69. The van der Waals surface area contributed by atoms with Crippen molar-refractivity contribution in [2.75, 3.05) is 0 Å². The summed E-state index contributed by atoms with van der Waals surface area (Å²) in [6.45, 7) is 3.73. The molecule has 0 aromatic heterocycles. The summed E-state index contributed by atoms with van der Waals surface area (Å²) in [4.78, 5) is 10.7. The third kappa shape index (κ3) is 3.22. The average molecular weight is 352 g/mol. The summed E-state index contributed by atoms with van der Waals surface area (Å²) in [6, 6.07) is 15.5. The molecule has 2 aromatic rings. The molecule has 2 rings (SSSR count). The van der Waals surface area contributed by atoms with E-state index in [4.69, 9.17) is 5.11 Å². The van der Waals surface area contributed by atoms with Gasteiger partial charge >= 0.3 is 116 Å². The molecule has 0 amide bonds. The summed E-state index contributed by atoms with van der Waals surface area (Å²) in [5.74, 6) is -0.877. The summed E-state index contributed by atoms with van der Waals surface area (Å²) in [7, 11) is 0. The van der Waals surface area contributed by atoms with Crippen molar-refractivity contribution in [1.29, 1.82) is 0 Å². The Bertz CT molecular complexity index is 556. The molecule has 90 valence electrons. The van der Waals surface area contributed by atoms with E-state index >= 15 is 0 Å². The first-order valence-electron chi connectivity index (χ1n) is 5.43. The van der Waals surface area contributed by atoms with Crippen molar-refractivity contribution in [3.8, 4) is 0 Å². The number of rotatable bonds is 4. The minimum absolute atomic E-state index is 0.341. The molecular formula is C15H12O2Te. The van der Waals surface area contributed by atoms with Crippen LogP contribution in [0.1, 0.15) is 15.9 Å². The third-order valence-corrected chi connectivity index (χ3v) is 5.35. The van der Waals surface area contributed by atoms with E-state index in [1.165, 1.54) is 7.22 Å². The Kier molecular flexibility index (Phi) is 4.19. The predicted octanol–water partition coefficient (Wildman–Crippen LogP) is 1.68. The number of hydrogen-bond acceptors (Lipinski definition) is 1. The summed E-state index contributed by atoms with van der Waals surface area (Å²) in [5.41, 5.74) is 1.46. The van der Waals surface area contributed by atoms with Crippen molar-refractivity contribution in [3.05, 3.63) is 66.2 Å². The molecule has 0 aliphatic heterocycles. The van der Waals surface area contributed by atoms with E-state index in [0.29, 0.717) is 5.56 Å². The molecule has 0 radical (unpaired) electrons. The number of benzene rings is 2. The standard InChI is InChI=1S/C15H12O2Te/c1-2-11-3-7-13(8-4-11)18-14-9-5-12(6-10-14)15(16)17/h2-10H,1H2,(H,16,17). The Balaban J connectivity index is 2.12. The second-order valence-electron chi connectivity index (χ2n) is 3.70.